The fraction of sp³-hybridized carbons (Fsp3) is 0.273. The molecule has 2 amide bonds. The Balaban J connectivity index is 1.49. The number of esters is 1. The summed E-state index contributed by atoms with van der Waals surface area (Å²) in [6.07, 6.45) is 3.05. The van der Waals surface area contributed by atoms with Crippen molar-refractivity contribution in [1.82, 2.24) is 4.90 Å². The third kappa shape index (κ3) is 5.75. The number of rotatable bonds is 5. The van der Waals surface area contributed by atoms with E-state index in [1.807, 2.05) is 24.3 Å². The van der Waals surface area contributed by atoms with Crippen molar-refractivity contribution in [3.05, 3.63) is 60.2 Å². The molecule has 0 aliphatic carbocycles. The van der Waals surface area contributed by atoms with E-state index in [4.69, 9.17) is 4.74 Å². The molecule has 3 rings (SSSR count). The van der Waals surface area contributed by atoms with Crippen LogP contribution in [0.5, 0.6) is 5.75 Å². The molecule has 0 unspecified atom stereocenters. The lowest BCUT2D eigenvalue weighted by molar-refractivity contribution is -0.137. The number of hydrogen-bond acceptors (Lipinski definition) is 5. The first-order chi connectivity index (χ1) is 14.0. The number of carbonyl (C=O) groups excluding carboxylic acids is 2. The number of benzene rings is 2. The summed E-state index contributed by atoms with van der Waals surface area (Å²) >= 11 is 0. The summed E-state index contributed by atoms with van der Waals surface area (Å²) in [5, 5.41) is 12.3. The van der Waals surface area contributed by atoms with Crippen LogP contribution in [0.2, 0.25) is 0 Å². The molecule has 1 heterocycles. The Bertz CT molecular complexity index is 855. The largest absolute Gasteiger partial charge is 0.508 e. The van der Waals surface area contributed by atoms with Crippen molar-refractivity contribution < 1.29 is 19.4 Å². The average molecular weight is 395 g/mol. The molecular formula is C22H25N3O4. The highest BCUT2D eigenvalue weighted by Gasteiger charge is 2.21. The molecule has 0 bridgehead atoms. The molecule has 0 saturated carbocycles. The lowest BCUT2D eigenvalue weighted by atomic mass is 10.2. The Kier molecular flexibility index (Phi) is 6.73. The van der Waals surface area contributed by atoms with E-state index in [-0.39, 0.29) is 17.7 Å². The second-order valence-corrected chi connectivity index (χ2v) is 6.63. The van der Waals surface area contributed by atoms with Crippen LogP contribution in [0.4, 0.5) is 16.2 Å². The standard InChI is InChI=1S/C22H25N3O4/c1-2-29-21(27)12-5-17-3-6-18(7-4-17)23-22(28)25-15-13-24(14-16-25)19-8-10-20(26)11-9-19/h3-12,26H,2,13-16H2,1H3,(H,23,28)/b12-5-. The molecule has 152 valence electrons. The lowest BCUT2D eigenvalue weighted by Crippen LogP contribution is -2.50. The Morgan fingerprint density at radius 3 is 2.31 bits per heavy atom. The van der Waals surface area contributed by atoms with Gasteiger partial charge in [-0.3, -0.25) is 0 Å². The highest BCUT2D eigenvalue weighted by Crippen LogP contribution is 2.20. The van der Waals surface area contributed by atoms with Crippen molar-refractivity contribution in [3.63, 3.8) is 0 Å². The molecule has 7 nitrogen and oxygen atoms in total. The minimum Gasteiger partial charge on any atom is -0.508 e. The van der Waals surface area contributed by atoms with Crippen molar-refractivity contribution >= 4 is 29.5 Å². The van der Waals surface area contributed by atoms with Gasteiger partial charge in [0.2, 0.25) is 0 Å². The number of ether oxygens (including phenoxy) is 1. The molecule has 0 radical (unpaired) electrons. The summed E-state index contributed by atoms with van der Waals surface area (Å²) in [7, 11) is 0. The average Bonchev–Trinajstić information content (AvgIpc) is 2.74. The molecule has 2 aromatic rings. The van der Waals surface area contributed by atoms with Crippen molar-refractivity contribution in [3.8, 4) is 5.75 Å². The van der Waals surface area contributed by atoms with Crippen LogP contribution in [0.3, 0.4) is 0 Å². The van der Waals surface area contributed by atoms with Gasteiger partial charge in [-0.1, -0.05) is 12.1 Å². The van der Waals surface area contributed by atoms with E-state index >= 15 is 0 Å². The van der Waals surface area contributed by atoms with Crippen LogP contribution >= 0.6 is 0 Å². The van der Waals surface area contributed by atoms with Gasteiger partial charge >= 0.3 is 12.0 Å². The highest BCUT2D eigenvalue weighted by atomic mass is 16.5. The molecule has 2 aromatic carbocycles. The zero-order valence-corrected chi connectivity index (χ0v) is 16.4. The number of phenolic OH excluding ortho intramolecular Hbond substituents is 1. The van der Waals surface area contributed by atoms with Gasteiger partial charge in [0.15, 0.2) is 0 Å². The monoisotopic (exact) mass is 395 g/mol. The molecule has 1 saturated heterocycles. The zero-order valence-electron chi connectivity index (χ0n) is 16.4. The van der Waals surface area contributed by atoms with Gasteiger partial charge in [-0.15, -0.1) is 0 Å². The topological polar surface area (TPSA) is 82.1 Å². The quantitative estimate of drug-likeness (QED) is 0.600. The molecule has 1 aliphatic heterocycles. The Morgan fingerprint density at radius 2 is 1.69 bits per heavy atom. The summed E-state index contributed by atoms with van der Waals surface area (Å²) in [6.45, 7) is 4.81. The summed E-state index contributed by atoms with van der Waals surface area (Å²) in [4.78, 5) is 27.8. The van der Waals surface area contributed by atoms with E-state index in [2.05, 4.69) is 10.2 Å². The summed E-state index contributed by atoms with van der Waals surface area (Å²) in [5.41, 5.74) is 2.58. The molecule has 1 fully saturated rings. The summed E-state index contributed by atoms with van der Waals surface area (Å²) in [5.74, 6) is -0.134. The minimum atomic E-state index is -0.378. The van der Waals surface area contributed by atoms with Crippen molar-refractivity contribution in [2.24, 2.45) is 0 Å². The first-order valence-corrected chi connectivity index (χ1v) is 9.60. The molecule has 7 heteroatoms. The van der Waals surface area contributed by atoms with Gasteiger partial charge in [0.05, 0.1) is 6.61 Å². The molecule has 1 aliphatic rings. The number of phenols is 1. The third-order valence-electron chi connectivity index (χ3n) is 4.64. The zero-order chi connectivity index (χ0) is 20.6. The Labute approximate surface area is 170 Å². The molecule has 0 spiro atoms. The first-order valence-electron chi connectivity index (χ1n) is 9.60. The van der Waals surface area contributed by atoms with Gasteiger partial charge in [0, 0.05) is 43.6 Å². The van der Waals surface area contributed by atoms with Crippen molar-refractivity contribution in [2.45, 2.75) is 6.92 Å². The van der Waals surface area contributed by atoms with E-state index in [9.17, 15) is 14.7 Å². The van der Waals surface area contributed by atoms with Crippen molar-refractivity contribution in [2.75, 3.05) is 43.0 Å². The summed E-state index contributed by atoms with van der Waals surface area (Å²) < 4.78 is 4.85. The normalized spacial score (nSPS) is 14.1. The SMILES string of the molecule is CCOC(=O)/C=C\c1ccc(NC(=O)N2CCN(c3ccc(O)cc3)CC2)cc1. The van der Waals surface area contributed by atoms with Gasteiger partial charge in [-0.05, 0) is 55.0 Å². The number of aromatic hydroxyl groups is 1. The first kappa shape index (κ1) is 20.3. The van der Waals surface area contributed by atoms with Crippen LogP contribution in [0.1, 0.15) is 12.5 Å². The number of hydrogen-bond donors (Lipinski definition) is 2. The van der Waals surface area contributed by atoms with E-state index < -0.39 is 0 Å². The van der Waals surface area contributed by atoms with Crippen LogP contribution in [0.15, 0.2) is 54.6 Å². The van der Waals surface area contributed by atoms with Gasteiger partial charge in [0.25, 0.3) is 0 Å². The maximum absolute atomic E-state index is 12.5. The fourth-order valence-electron chi connectivity index (χ4n) is 3.07. The molecule has 0 aromatic heterocycles. The Hall–Kier alpha value is -3.48. The van der Waals surface area contributed by atoms with Gasteiger partial charge in [-0.2, -0.15) is 0 Å². The van der Waals surface area contributed by atoms with E-state index in [1.54, 1.807) is 42.2 Å². The number of urea groups is 1. The molecule has 2 N–H and O–H groups in total. The number of amides is 2. The smallest absolute Gasteiger partial charge is 0.330 e. The molecule has 0 atom stereocenters. The number of nitrogens with zero attached hydrogens (tertiary/aromatic N) is 2. The number of nitrogens with one attached hydrogen (secondary N) is 1. The fourth-order valence-corrected chi connectivity index (χ4v) is 3.07. The molecule has 29 heavy (non-hydrogen) atoms. The lowest BCUT2D eigenvalue weighted by Gasteiger charge is -2.36. The third-order valence-corrected chi connectivity index (χ3v) is 4.64. The van der Waals surface area contributed by atoms with Crippen LogP contribution in [0.25, 0.3) is 6.08 Å². The van der Waals surface area contributed by atoms with Gasteiger partial charge < -0.3 is 25.0 Å². The number of piperazine rings is 1. The second-order valence-electron chi connectivity index (χ2n) is 6.63. The van der Waals surface area contributed by atoms with E-state index in [0.717, 1.165) is 24.3 Å². The van der Waals surface area contributed by atoms with Crippen LogP contribution < -0.4 is 10.2 Å². The minimum absolute atomic E-state index is 0.134. The van der Waals surface area contributed by atoms with Crippen LogP contribution in [-0.2, 0) is 9.53 Å². The number of anilines is 2. The predicted octanol–water partition coefficient (Wildman–Crippen LogP) is 3.32. The summed E-state index contributed by atoms with van der Waals surface area (Å²) in [6, 6.07) is 14.2. The van der Waals surface area contributed by atoms with Crippen LogP contribution in [0, 0.1) is 0 Å². The number of carbonyl (C=O) groups is 2. The second kappa shape index (κ2) is 9.64. The van der Waals surface area contributed by atoms with Crippen molar-refractivity contribution in [1.29, 1.82) is 0 Å². The van der Waals surface area contributed by atoms with Gasteiger partial charge in [0.1, 0.15) is 5.75 Å². The highest BCUT2D eigenvalue weighted by molar-refractivity contribution is 5.90. The van der Waals surface area contributed by atoms with E-state index in [0.29, 0.717) is 25.4 Å². The van der Waals surface area contributed by atoms with E-state index in [1.165, 1.54) is 6.08 Å². The van der Waals surface area contributed by atoms with Crippen LogP contribution in [-0.4, -0.2) is 54.8 Å². The maximum Gasteiger partial charge on any atom is 0.330 e. The van der Waals surface area contributed by atoms with Gasteiger partial charge in [-0.25, -0.2) is 9.59 Å². The maximum atomic E-state index is 12.5. The predicted molar refractivity (Wildman–Crippen MR) is 113 cm³/mol. The molecular weight excluding hydrogens is 370 g/mol. The Morgan fingerprint density at radius 1 is 1.03 bits per heavy atom.